The van der Waals surface area contributed by atoms with Gasteiger partial charge in [-0.05, 0) is 42.3 Å². The molecule has 1 aliphatic rings. The van der Waals surface area contributed by atoms with E-state index in [0.29, 0.717) is 6.54 Å². The van der Waals surface area contributed by atoms with Gasteiger partial charge in [0.05, 0.1) is 6.04 Å². The van der Waals surface area contributed by atoms with Crippen LogP contribution in [-0.4, -0.2) is 46.6 Å². The van der Waals surface area contributed by atoms with Gasteiger partial charge in [-0.1, -0.05) is 37.3 Å². The molecule has 2 atom stereocenters. The molecule has 2 amide bonds. The Kier molecular flexibility index (Phi) is 6.55. The molecule has 2 heterocycles. The number of fused-ring (bicyclic) bond motifs is 1. The van der Waals surface area contributed by atoms with Crippen molar-refractivity contribution in [2.45, 2.75) is 38.8 Å². The first kappa shape index (κ1) is 19.9. The van der Waals surface area contributed by atoms with Crippen molar-refractivity contribution < 1.29 is 9.59 Å². The number of carbonyl (C=O) groups excluding carboxylic acids is 2. The van der Waals surface area contributed by atoms with Crippen LogP contribution in [0.3, 0.4) is 0 Å². The Hall–Kier alpha value is -1.85. The van der Waals surface area contributed by atoms with Gasteiger partial charge in [0.1, 0.15) is 12.4 Å². The topological polar surface area (TPSA) is 40.6 Å². The second kappa shape index (κ2) is 8.89. The Balaban J connectivity index is 1.89. The van der Waals surface area contributed by atoms with Crippen molar-refractivity contribution >= 4 is 34.8 Å². The van der Waals surface area contributed by atoms with Gasteiger partial charge in [0.2, 0.25) is 11.8 Å². The van der Waals surface area contributed by atoms with Crippen LogP contribution in [0.4, 0.5) is 0 Å². The predicted octanol–water partition coefficient (Wildman–Crippen LogP) is 4.09. The third-order valence-electron chi connectivity index (χ3n) is 5.26. The minimum Gasteiger partial charge on any atom is -0.330 e. The van der Waals surface area contributed by atoms with Crippen LogP contribution in [0.15, 0.2) is 41.8 Å². The molecule has 6 heteroatoms. The number of benzene rings is 1. The van der Waals surface area contributed by atoms with E-state index in [1.54, 1.807) is 16.2 Å². The van der Waals surface area contributed by atoms with E-state index >= 15 is 0 Å². The van der Waals surface area contributed by atoms with Gasteiger partial charge in [-0.15, -0.1) is 22.9 Å². The summed E-state index contributed by atoms with van der Waals surface area (Å²) in [6.07, 6.45) is 1.64. The lowest BCUT2D eigenvalue weighted by atomic mass is 9.93. The maximum atomic E-state index is 13.3. The molecule has 1 aliphatic heterocycles. The van der Waals surface area contributed by atoms with E-state index in [1.165, 1.54) is 10.4 Å². The molecule has 0 saturated heterocycles. The number of halogens is 1. The second-order valence-corrected chi connectivity index (χ2v) is 8.13. The van der Waals surface area contributed by atoms with Crippen LogP contribution in [-0.2, 0) is 16.0 Å². The fourth-order valence-corrected chi connectivity index (χ4v) is 4.66. The summed E-state index contributed by atoms with van der Waals surface area (Å²) < 4.78 is 0. The Morgan fingerprint density at radius 3 is 2.70 bits per heavy atom. The summed E-state index contributed by atoms with van der Waals surface area (Å²) in [6, 6.07) is 12.1. The molecular weight excluding hydrogens is 380 g/mol. The van der Waals surface area contributed by atoms with Gasteiger partial charge in [-0.3, -0.25) is 9.59 Å². The van der Waals surface area contributed by atoms with Crippen LogP contribution >= 0.6 is 22.9 Å². The number of alkyl halides is 1. The molecule has 0 saturated carbocycles. The molecule has 0 unspecified atom stereocenters. The lowest BCUT2D eigenvalue weighted by Crippen LogP contribution is -2.49. The average Bonchev–Trinajstić information content (AvgIpc) is 3.19. The molecule has 0 radical (unpaired) electrons. The zero-order valence-electron chi connectivity index (χ0n) is 15.7. The van der Waals surface area contributed by atoms with E-state index in [0.717, 1.165) is 18.4 Å². The highest BCUT2D eigenvalue weighted by Gasteiger charge is 2.34. The van der Waals surface area contributed by atoms with Gasteiger partial charge in [0.15, 0.2) is 0 Å². The minimum absolute atomic E-state index is 0.0168. The van der Waals surface area contributed by atoms with E-state index < -0.39 is 0 Å². The minimum atomic E-state index is -0.191. The summed E-state index contributed by atoms with van der Waals surface area (Å²) in [4.78, 5) is 30.4. The van der Waals surface area contributed by atoms with Gasteiger partial charge < -0.3 is 9.80 Å². The molecule has 0 bridgehead atoms. The van der Waals surface area contributed by atoms with E-state index in [4.69, 9.17) is 11.6 Å². The molecule has 144 valence electrons. The monoisotopic (exact) mass is 404 g/mol. The molecule has 1 aromatic heterocycles. The summed E-state index contributed by atoms with van der Waals surface area (Å²) in [7, 11) is 0. The zero-order chi connectivity index (χ0) is 19.4. The van der Waals surface area contributed by atoms with Crippen LogP contribution in [0.5, 0.6) is 0 Å². The summed E-state index contributed by atoms with van der Waals surface area (Å²) in [5, 5.41) is 2.09. The number of nitrogens with zero attached hydrogens (tertiary/aromatic N) is 2. The largest absolute Gasteiger partial charge is 0.330 e. The smallest absolute Gasteiger partial charge is 0.243 e. The number of rotatable bonds is 6. The van der Waals surface area contributed by atoms with Crippen LogP contribution in [0.25, 0.3) is 0 Å². The summed E-state index contributed by atoms with van der Waals surface area (Å²) in [5.74, 6) is -0.322. The molecular formula is C21H25ClN2O2S. The molecule has 2 aromatic rings. The van der Waals surface area contributed by atoms with Gasteiger partial charge >= 0.3 is 0 Å². The van der Waals surface area contributed by atoms with Crippen molar-refractivity contribution in [1.82, 2.24) is 9.80 Å². The summed E-state index contributed by atoms with van der Waals surface area (Å²) >= 11 is 7.53. The predicted molar refractivity (Wildman–Crippen MR) is 110 cm³/mol. The number of hydrogen-bond acceptors (Lipinski definition) is 3. The summed E-state index contributed by atoms with van der Waals surface area (Å²) in [5.41, 5.74) is 2.30. The van der Waals surface area contributed by atoms with E-state index in [1.807, 2.05) is 36.9 Å². The maximum absolute atomic E-state index is 13.3. The molecule has 27 heavy (non-hydrogen) atoms. The first-order valence-corrected chi connectivity index (χ1v) is 10.7. The lowest BCUT2D eigenvalue weighted by Gasteiger charge is -2.38. The highest BCUT2D eigenvalue weighted by molar-refractivity contribution is 7.10. The van der Waals surface area contributed by atoms with Crippen molar-refractivity contribution in [3.63, 3.8) is 0 Å². The fourth-order valence-electron chi connectivity index (χ4n) is 3.60. The van der Waals surface area contributed by atoms with E-state index in [2.05, 4.69) is 23.6 Å². The zero-order valence-corrected chi connectivity index (χ0v) is 17.3. The number of carbonyl (C=O) groups is 2. The van der Waals surface area contributed by atoms with Crippen molar-refractivity contribution in [2.75, 3.05) is 19.0 Å². The van der Waals surface area contributed by atoms with Gasteiger partial charge in [0.25, 0.3) is 0 Å². The normalized spacial score (nSPS) is 17.3. The molecule has 0 aliphatic carbocycles. The Morgan fingerprint density at radius 1 is 1.30 bits per heavy atom. The molecule has 0 N–H and O–H groups in total. The van der Waals surface area contributed by atoms with Gasteiger partial charge in [0, 0.05) is 17.5 Å². The molecule has 4 nitrogen and oxygen atoms in total. The quantitative estimate of drug-likeness (QED) is 0.680. The second-order valence-electron chi connectivity index (χ2n) is 6.86. The highest BCUT2D eigenvalue weighted by atomic mass is 35.5. The summed E-state index contributed by atoms with van der Waals surface area (Å²) in [6.45, 7) is 4.70. The highest BCUT2D eigenvalue weighted by Crippen LogP contribution is 2.37. The molecule has 3 rings (SSSR count). The Labute approximate surface area is 169 Å². The molecule has 0 spiro atoms. The van der Waals surface area contributed by atoms with E-state index in [9.17, 15) is 9.59 Å². The average molecular weight is 405 g/mol. The Morgan fingerprint density at radius 2 is 2.04 bits per heavy atom. The Bertz CT molecular complexity index is 792. The lowest BCUT2D eigenvalue weighted by molar-refractivity contribution is -0.142. The van der Waals surface area contributed by atoms with Crippen molar-refractivity contribution in [3.8, 4) is 0 Å². The van der Waals surface area contributed by atoms with Gasteiger partial charge in [-0.2, -0.15) is 0 Å². The fraction of sp³-hybridized carbons (Fsp3) is 0.429. The van der Waals surface area contributed by atoms with Crippen LogP contribution in [0.2, 0.25) is 0 Å². The molecule has 1 aromatic carbocycles. The number of amides is 2. The third-order valence-corrected chi connectivity index (χ3v) is 6.49. The molecule has 0 fully saturated rings. The van der Waals surface area contributed by atoms with Crippen LogP contribution in [0.1, 0.15) is 42.3 Å². The van der Waals surface area contributed by atoms with Crippen molar-refractivity contribution in [3.05, 3.63) is 57.8 Å². The van der Waals surface area contributed by atoms with Crippen molar-refractivity contribution in [1.29, 1.82) is 0 Å². The maximum Gasteiger partial charge on any atom is 0.243 e. The van der Waals surface area contributed by atoms with Gasteiger partial charge in [-0.25, -0.2) is 0 Å². The van der Waals surface area contributed by atoms with Crippen LogP contribution in [0, 0.1) is 0 Å². The number of thiophene rings is 1. The van der Waals surface area contributed by atoms with Crippen molar-refractivity contribution in [2.24, 2.45) is 0 Å². The number of hydrogen-bond donors (Lipinski definition) is 0. The third kappa shape index (κ3) is 4.19. The van der Waals surface area contributed by atoms with E-state index in [-0.39, 0.29) is 36.3 Å². The van der Waals surface area contributed by atoms with Crippen LogP contribution < -0.4 is 0 Å². The first-order valence-electron chi connectivity index (χ1n) is 9.32. The SMILES string of the molecule is CC[C@@H](C)N(CC(=O)N1CCc2sccc2[C@@H]1c1ccccc1)C(=O)CCl. The first-order chi connectivity index (χ1) is 13.1. The standard InChI is InChI=1S/C21H25ClN2O2S/c1-3-15(2)24(19(25)13-22)14-20(26)23-11-9-18-17(10-12-27-18)21(23)16-7-5-4-6-8-16/h4-8,10,12,15,21H,3,9,11,13-14H2,1-2H3/t15-,21+/m1/s1.